The molecule has 0 radical (unpaired) electrons. The zero-order valence-corrected chi connectivity index (χ0v) is 11.3. The van der Waals surface area contributed by atoms with Crippen LogP contribution in [-0.2, 0) is 0 Å². The van der Waals surface area contributed by atoms with Crippen molar-refractivity contribution in [1.29, 1.82) is 0 Å². The van der Waals surface area contributed by atoms with Crippen molar-refractivity contribution < 1.29 is 23.4 Å². The molecule has 1 unspecified atom stereocenters. The Hall–Kier alpha value is -1.89. The average molecular weight is 288 g/mol. The number of rotatable bonds is 6. The van der Waals surface area contributed by atoms with E-state index < -0.39 is 23.8 Å². The number of benzene rings is 1. The van der Waals surface area contributed by atoms with Crippen LogP contribution in [0.25, 0.3) is 0 Å². The van der Waals surface area contributed by atoms with Crippen molar-refractivity contribution in [2.24, 2.45) is 0 Å². The molecule has 0 fully saturated rings. The van der Waals surface area contributed by atoms with E-state index in [9.17, 15) is 18.7 Å². The Balaban J connectivity index is 2.30. The summed E-state index contributed by atoms with van der Waals surface area (Å²) in [7, 11) is 0. The first-order valence-electron chi connectivity index (χ1n) is 6.18. The number of amides is 2. The van der Waals surface area contributed by atoms with Gasteiger partial charge in [-0.2, -0.15) is 0 Å². The minimum Gasteiger partial charge on any atom is -0.491 e. The monoisotopic (exact) mass is 288 g/mol. The number of carbonyl (C=O) groups excluding carboxylic acids is 1. The molecule has 0 aliphatic carbocycles. The number of urea groups is 1. The fourth-order valence-electron chi connectivity index (χ4n) is 1.34. The van der Waals surface area contributed by atoms with E-state index in [1.807, 2.05) is 13.8 Å². The third kappa shape index (κ3) is 5.83. The van der Waals surface area contributed by atoms with E-state index in [0.29, 0.717) is 0 Å². The van der Waals surface area contributed by atoms with Gasteiger partial charge in [-0.05, 0) is 26.0 Å². The molecule has 0 heterocycles. The van der Waals surface area contributed by atoms with Crippen molar-refractivity contribution in [2.45, 2.75) is 26.0 Å². The van der Waals surface area contributed by atoms with Gasteiger partial charge in [0.05, 0.1) is 0 Å². The molecular weight excluding hydrogens is 270 g/mol. The topological polar surface area (TPSA) is 70.6 Å². The molecule has 1 aromatic rings. The molecule has 7 heteroatoms. The maximum atomic E-state index is 12.9. The second-order valence-corrected chi connectivity index (χ2v) is 4.55. The molecule has 20 heavy (non-hydrogen) atoms. The summed E-state index contributed by atoms with van der Waals surface area (Å²) in [5.41, 5.74) is 0. The molecule has 3 N–H and O–H groups in total. The first-order valence-corrected chi connectivity index (χ1v) is 6.18. The molecule has 0 aromatic heterocycles. The first-order chi connectivity index (χ1) is 9.38. The quantitative estimate of drug-likeness (QED) is 0.741. The molecule has 0 bridgehead atoms. The summed E-state index contributed by atoms with van der Waals surface area (Å²) in [4.78, 5) is 11.2. The van der Waals surface area contributed by atoms with E-state index in [1.54, 1.807) is 0 Å². The lowest BCUT2D eigenvalue weighted by molar-refractivity contribution is 0.107. The summed E-state index contributed by atoms with van der Waals surface area (Å²) in [5.74, 6) is -1.88. The van der Waals surface area contributed by atoms with Crippen LogP contribution in [0.1, 0.15) is 13.8 Å². The Labute approximate surface area is 115 Å². The van der Waals surface area contributed by atoms with Crippen molar-refractivity contribution in [3.05, 3.63) is 29.8 Å². The lowest BCUT2D eigenvalue weighted by atomic mass is 10.3. The van der Waals surface area contributed by atoms with Gasteiger partial charge in [-0.3, -0.25) is 0 Å². The number of halogens is 2. The molecule has 0 saturated heterocycles. The van der Waals surface area contributed by atoms with Gasteiger partial charge in [0.25, 0.3) is 0 Å². The smallest absolute Gasteiger partial charge is 0.315 e. The Bertz CT molecular complexity index is 455. The molecule has 0 aliphatic rings. The van der Waals surface area contributed by atoms with Crippen LogP contribution in [0.2, 0.25) is 0 Å². The number of ether oxygens (including phenoxy) is 1. The lowest BCUT2D eigenvalue weighted by Gasteiger charge is -2.14. The Morgan fingerprint density at radius 3 is 2.65 bits per heavy atom. The molecule has 5 nitrogen and oxygen atoms in total. The van der Waals surface area contributed by atoms with Crippen LogP contribution in [0, 0.1) is 11.6 Å². The van der Waals surface area contributed by atoms with Gasteiger partial charge in [-0.25, -0.2) is 13.6 Å². The predicted octanol–water partition coefficient (Wildman–Crippen LogP) is 1.41. The summed E-state index contributed by atoms with van der Waals surface area (Å²) in [6, 6.07) is 2.67. The molecule has 0 spiro atoms. The zero-order valence-electron chi connectivity index (χ0n) is 11.3. The number of carbonyl (C=O) groups is 1. The highest BCUT2D eigenvalue weighted by atomic mass is 19.2. The summed E-state index contributed by atoms with van der Waals surface area (Å²) in [6.45, 7) is 3.46. The van der Waals surface area contributed by atoms with Crippen molar-refractivity contribution in [2.75, 3.05) is 13.2 Å². The highest BCUT2D eigenvalue weighted by Gasteiger charge is 2.09. The van der Waals surface area contributed by atoms with Gasteiger partial charge >= 0.3 is 6.03 Å². The van der Waals surface area contributed by atoms with E-state index in [0.717, 1.165) is 12.1 Å². The summed E-state index contributed by atoms with van der Waals surface area (Å²) in [5, 5.41) is 14.6. The molecule has 1 aromatic carbocycles. The van der Waals surface area contributed by atoms with Crippen molar-refractivity contribution in [3.8, 4) is 5.75 Å². The Morgan fingerprint density at radius 2 is 2.05 bits per heavy atom. The fourth-order valence-corrected chi connectivity index (χ4v) is 1.34. The van der Waals surface area contributed by atoms with Crippen LogP contribution in [0.15, 0.2) is 18.2 Å². The lowest BCUT2D eigenvalue weighted by Crippen LogP contribution is -2.43. The number of nitrogens with one attached hydrogen (secondary N) is 2. The van der Waals surface area contributed by atoms with Gasteiger partial charge in [0.2, 0.25) is 0 Å². The Morgan fingerprint density at radius 1 is 1.35 bits per heavy atom. The molecule has 112 valence electrons. The molecule has 2 amide bonds. The SMILES string of the molecule is CC(C)NC(=O)NCC(O)COc1ccc(F)c(F)c1. The maximum Gasteiger partial charge on any atom is 0.315 e. The van der Waals surface area contributed by atoms with Crippen LogP contribution < -0.4 is 15.4 Å². The van der Waals surface area contributed by atoms with Crippen LogP contribution in [-0.4, -0.2) is 36.4 Å². The van der Waals surface area contributed by atoms with Gasteiger partial charge in [0.1, 0.15) is 18.5 Å². The third-order valence-electron chi connectivity index (χ3n) is 2.25. The van der Waals surface area contributed by atoms with Crippen LogP contribution >= 0.6 is 0 Å². The van der Waals surface area contributed by atoms with Gasteiger partial charge in [0, 0.05) is 18.7 Å². The number of hydrogen-bond donors (Lipinski definition) is 3. The highest BCUT2D eigenvalue weighted by Crippen LogP contribution is 2.15. The molecule has 0 aliphatic heterocycles. The summed E-state index contributed by atoms with van der Waals surface area (Å²) < 4.78 is 30.7. The first kappa shape index (κ1) is 16.2. The number of aliphatic hydroxyl groups excluding tert-OH is 1. The van der Waals surface area contributed by atoms with Crippen molar-refractivity contribution in [3.63, 3.8) is 0 Å². The van der Waals surface area contributed by atoms with Crippen molar-refractivity contribution >= 4 is 6.03 Å². The van der Waals surface area contributed by atoms with Gasteiger partial charge in [0.15, 0.2) is 11.6 Å². The van der Waals surface area contributed by atoms with Crippen LogP contribution in [0.5, 0.6) is 5.75 Å². The number of aliphatic hydroxyl groups is 1. The van der Waals surface area contributed by atoms with Gasteiger partial charge < -0.3 is 20.5 Å². The normalized spacial score (nSPS) is 12.1. The van der Waals surface area contributed by atoms with E-state index in [2.05, 4.69) is 10.6 Å². The predicted molar refractivity (Wildman–Crippen MR) is 69.5 cm³/mol. The third-order valence-corrected chi connectivity index (χ3v) is 2.25. The Kier molecular flexibility index (Phi) is 6.17. The largest absolute Gasteiger partial charge is 0.491 e. The second-order valence-electron chi connectivity index (χ2n) is 4.55. The zero-order chi connectivity index (χ0) is 15.1. The second kappa shape index (κ2) is 7.64. The van der Waals surface area contributed by atoms with Crippen LogP contribution in [0.3, 0.4) is 0 Å². The van der Waals surface area contributed by atoms with Crippen LogP contribution in [0.4, 0.5) is 13.6 Å². The summed E-state index contributed by atoms with van der Waals surface area (Å²) in [6.07, 6.45) is -0.957. The van der Waals surface area contributed by atoms with E-state index in [-0.39, 0.29) is 24.9 Å². The van der Waals surface area contributed by atoms with Gasteiger partial charge in [-0.1, -0.05) is 0 Å². The molecule has 1 atom stereocenters. The van der Waals surface area contributed by atoms with E-state index in [4.69, 9.17) is 4.74 Å². The molecule has 0 saturated carbocycles. The fraction of sp³-hybridized carbons (Fsp3) is 0.462. The number of hydrogen-bond acceptors (Lipinski definition) is 3. The standard InChI is InChI=1S/C13H18F2N2O3/c1-8(2)17-13(19)16-6-9(18)7-20-10-3-4-11(14)12(15)5-10/h3-5,8-9,18H,6-7H2,1-2H3,(H2,16,17,19). The summed E-state index contributed by atoms with van der Waals surface area (Å²) >= 11 is 0. The van der Waals surface area contributed by atoms with E-state index in [1.165, 1.54) is 6.07 Å². The highest BCUT2D eigenvalue weighted by molar-refractivity contribution is 5.74. The molecule has 1 rings (SSSR count). The van der Waals surface area contributed by atoms with Gasteiger partial charge in [-0.15, -0.1) is 0 Å². The molecular formula is C13H18F2N2O3. The van der Waals surface area contributed by atoms with Crippen molar-refractivity contribution in [1.82, 2.24) is 10.6 Å². The average Bonchev–Trinajstić information content (AvgIpc) is 2.37. The minimum absolute atomic E-state index is 0.00872. The van der Waals surface area contributed by atoms with E-state index >= 15 is 0 Å². The maximum absolute atomic E-state index is 12.9. The minimum atomic E-state index is -1.02.